The van der Waals surface area contributed by atoms with Crippen molar-refractivity contribution in [2.75, 3.05) is 0 Å². The third kappa shape index (κ3) is 4.51. The van der Waals surface area contributed by atoms with Gasteiger partial charge in [-0.2, -0.15) is 0 Å². The standard InChI is InChI=1S/C14H8Br6O2/c1-6(21-9-4-2-7(15)11(17)13(9)19)22-10-5-3-8(16)12(18)14(10)20/h2-6H,1H3. The van der Waals surface area contributed by atoms with E-state index in [-0.39, 0.29) is 0 Å². The quantitative estimate of drug-likeness (QED) is 0.239. The lowest BCUT2D eigenvalue weighted by Gasteiger charge is -2.19. The number of hydrogen-bond acceptors (Lipinski definition) is 2. The van der Waals surface area contributed by atoms with Crippen LogP contribution in [0.4, 0.5) is 0 Å². The summed E-state index contributed by atoms with van der Waals surface area (Å²) < 4.78 is 17.0. The molecule has 2 aromatic rings. The summed E-state index contributed by atoms with van der Waals surface area (Å²) in [5.41, 5.74) is 0. The van der Waals surface area contributed by atoms with E-state index in [4.69, 9.17) is 9.47 Å². The highest BCUT2D eigenvalue weighted by molar-refractivity contribution is 9.15. The Bertz CT molecular complexity index is 645. The molecular formula is C14H8Br6O2. The molecule has 0 unspecified atom stereocenters. The molecular weight excluding hydrogens is 680 g/mol. The third-order valence-corrected chi connectivity index (χ3v) is 9.26. The molecule has 118 valence electrons. The summed E-state index contributed by atoms with van der Waals surface area (Å²) in [7, 11) is 0. The van der Waals surface area contributed by atoms with E-state index in [0.717, 1.165) is 26.8 Å². The Hall–Kier alpha value is 0.920. The SMILES string of the molecule is CC(Oc1ccc(Br)c(Br)c1Br)Oc1ccc(Br)c(Br)c1Br. The van der Waals surface area contributed by atoms with Gasteiger partial charge in [-0.15, -0.1) is 0 Å². The fourth-order valence-electron chi connectivity index (χ4n) is 1.58. The van der Waals surface area contributed by atoms with Crippen LogP contribution in [0, 0.1) is 0 Å². The van der Waals surface area contributed by atoms with Crippen LogP contribution in [-0.2, 0) is 0 Å². The van der Waals surface area contributed by atoms with Gasteiger partial charge in [-0.3, -0.25) is 0 Å². The monoisotopic (exact) mass is 682 g/mol. The number of hydrogen-bond donors (Lipinski definition) is 0. The van der Waals surface area contributed by atoms with Crippen molar-refractivity contribution >= 4 is 95.6 Å². The van der Waals surface area contributed by atoms with Crippen LogP contribution in [0.5, 0.6) is 11.5 Å². The van der Waals surface area contributed by atoms with Crippen LogP contribution < -0.4 is 9.47 Å². The largest absolute Gasteiger partial charge is 0.454 e. The minimum absolute atomic E-state index is 0.464. The molecule has 0 atom stereocenters. The molecule has 0 aliphatic carbocycles. The van der Waals surface area contributed by atoms with Gasteiger partial charge in [0.25, 0.3) is 0 Å². The van der Waals surface area contributed by atoms with Gasteiger partial charge in [-0.25, -0.2) is 0 Å². The first kappa shape index (κ1) is 19.2. The van der Waals surface area contributed by atoms with E-state index in [1.807, 2.05) is 31.2 Å². The highest BCUT2D eigenvalue weighted by Crippen LogP contribution is 2.40. The second-order valence-corrected chi connectivity index (χ2v) is 9.03. The smallest absolute Gasteiger partial charge is 0.238 e. The summed E-state index contributed by atoms with van der Waals surface area (Å²) in [6.07, 6.45) is -0.464. The van der Waals surface area contributed by atoms with Crippen molar-refractivity contribution in [2.24, 2.45) is 0 Å². The van der Waals surface area contributed by atoms with Gasteiger partial charge >= 0.3 is 0 Å². The minimum atomic E-state index is -0.464. The first-order valence-electron chi connectivity index (χ1n) is 5.91. The zero-order valence-corrected chi connectivity index (χ0v) is 20.5. The molecule has 0 spiro atoms. The molecule has 8 heteroatoms. The van der Waals surface area contributed by atoms with Crippen molar-refractivity contribution in [3.05, 3.63) is 51.1 Å². The summed E-state index contributed by atoms with van der Waals surface area (Å²) in [6, 6.07) is 7.54. The summed E-state index contributed by atoms with van der Waals surface area (Å²) >= 11 is 20.9. The summed E-state index contributed by atoms with van der Waals surface area (Å²) in [5.74, 6) is 1.38. The maximum Gasteiger partial charge on any atom is 0.238 e. The van der Waals surface area contributed by atoms with Gasteiger partial charge in [0.05, 0.1) is 8.95 Å². The van der Waals surface area contributed by atoms with Gasteiger partial charge in [-0.1, -0.05) is 0 Å². The fourth-order valence-corrected chi connectivity index (χ4v) is 4.31. The number of benzene rings is 2. The zero-order chi connectivity index (χ0) is 16.4. The minimum Gasteiger partial charge on any atom is -0.454 e. The lowest BCUT2D eigenvalue weighted by atomic mass is 10.3. The second-order valence-electron chi connectivity index (χ2n) is 4.15. The molecule has 0 fully saturated rings. The van der Waals surface area contributed by atoms with Gasteiger partial charge in [-0.05, 0) is 120 Å². The molecule has 0 aromatic heterocycles. The Morgan fingerprint density at radius 1 is 0.636 bits per heavy atom. The second kappa shape index (κ2) is 8.34. The molecule has 2 nitrogen and oxygen atoms in total. The van der Waals surface area contributed by atoms with Crippen molar-refractivity contribution < 1.29 is 9.47 Å². The number of halogens is 6. The maximum absolute atomic E-state index is 5.84. The van der Waals surface area contributed by atoms with Crippen LogP contribution >= 0.6 is 95.6 Å². The Kier molecular flexibility index (Phi) is 7.29. The molecule has 0 saturated heterocycles. The highest BCUT2D eigenvalue weighted by atomic mass is 79.9. The van der Waals surface area contributed by atoms with Crippen LogP contribution in [0.15, 0.2) is 51.1 Å². The van der Waals surface area contributed by atoms with Crippen LogP contribution in [0.3, 0.4) is 0 Å². The summed E-state index contributed by atoms with van der Waals surface area (Å²) in [4.78, 5) is 0. The first-order valence-corrected chi connectivity index (χ1v) is 10.7. The fraction of sp³-hybridized carbons (Fsp3) is 0.143. The molecule has 0 aliphatic heterocycles. The molecule has 0 amide bonds. The average Bonchev–Trinajstić information content (AvgIpc) is 2.48. The van der Waals surface area contributed by atoms with Gasteiger partial charge in [0.2, 0.25) is 6.29 Å². The summed E-state index contributed by atoms with van der Waals surface area (Å²) in [5, 5.41) is 0. The predicted octanol–water partition coefficient (Wildman–Crippen LogP) is 8.07. The van der Waals surface area contributed by atoms with Gasteiger partial charge in [0.1, 0.15) is 11.5 Å². The van der Waals surface area contributed by atoms with E-state index >= 15 is 0 Å². The zero-order valence-electron chi connectivity index (χ0n) is 11.0. The molecule has 0 bridgehead atoms. The lowest BCUT2D eigenvalue weighted by molar-refractivity contribution is 0.0209. The molecule has 0 saturated carbocycles. The van der Waals surface area contributed by atoms with E-state index in [1.165, 1.54) is 0 Å². The van der Waals surface area contributed by atoms with Crippen molar-refractivity contribution in [1.29, 1.82) is 0 Å². The molecule has 0 heterocycles. The number of rotatable bonds is 4. The van der Waals surface area contributed by atoms with Gasteiger partial charge in [0, 0.05) is 24.8 Å². The molecule has 0 aliphatic rings. The Balaban J connectivity index is 2.16. The van der Waals surface area contributed by atoms with E-state index in [2.05, 4.69) is 95.6 Å². The van der Waals surface area contributed by atoms with Gasteiger partial charge < -0.3 is 9.47 Å². The highest BCUT2D eigenvalue weighted by Gasteiger charge is 2.15. The molecule has 22 heavy (non-hydrogen) atoms. The van der Waals surface area contributed by atoms with Crippen molar-refractivity contribution in [2.45, 2.75) is 13.2 Å². The van der Waals surface area contributed by atoms with Crippen molar-refractivity contribution in [1.82, 2.24) is 0 Å². The molecule has 2 rings (SSSR count). The normalized spacial score (nSPS) is 10.9. The van der Waals surface area contributed by atoms with E-state index in [9.17, 15) is 0 Å². The topological polar surface area (TPSA) is 18.5 Å². The van der Waals surface area contributed by atoms with Crippen LogP contribution in [0.2, 0.25) is 0 Å². The van der Waals surface area contributed by atoms with E-state index in [1.54, 1.807) is 0 Å². The molecule has 2 aromatic carbocycles. The summed E-state index contributed by atoms with van der Waals surface area (Å²) in [6.45, 7) is 1.84. The third-order valence-electron chi connectivity index (χ3n) is 2.59. The predicted molar refractivity (Wildman–Crippen MR) is 110 cm³/mol. The molecule has 0 radical (unpaired) electrons. The van der Waals surface area contributed by atoms with Crippen LogP contribution in [0.25, 0.3) is 0 Å². The number of ether oxygens (including phenoxy) is 2. The van der Waals surface area contributed by atoms with E-state index in [0.29, 0.717) is 11.5 Å². The molecule has 0 N–H and O–H groups in total. The first-order chi connectivity index (χ1) is 10.3. The Morgan fingerprint density at radius 2 is 1.00 bits per heavy atom. The Morgan fingerprint density at radius 3 is 1.36 bits per heavy atom. The lowest BCUT2D eigenvalue weighted by Crippen LogP contribution is -2.20. The van der Waals surface area contributed by atoms with Crippen molar-refractivity contribution in [3.63, 3.8) is 0 Å². The van der Waals surface area contributed by atoms with Gasteiger partial charge in [0.15, 0.2) is 0 Å². The van der Waals surface area contributed by atoms with Crippen LogP contribution in [0.1, 0.15) is 6.92 Å². The average molecular weight is 688 g/mol. The van der Waals surface area contributed by atoms with Crippen molar-refractivity contribution in [3.8, 4) is 11.5 Å². The maximum atomic E-state index is 5.84. The Labute approximate surface area is 179 Å². The van der Waals surface area contributed by atoms with E-state index < -0.39 is 6.29 Å². The van der Waals surface area contributed by atoms with Crippen LogP contribution in [-0.4, -0.2) is 6.29 Å².